The van der Waals surface area contributed by atoms with Gasteiger partial charge in [0.25, 0.3) is 5.91 Å². The van der Waals surface area contributed by atoms with E-state index in [0.29, 0.717) is 0 Å². The lowest BCUT2D eigenvalue weighted by Gasteiger charge is -2.19. The first-order chi connectivity index (χ1) is 7.82. The van der Waals surface area contributed by atoms with Crippen molar-refractivity contribution in [2.75, 3.05) is 14.1 Å². The third-order valence-corrected chi connectivity index (χ3v) is 2.40. The molecule has 0 saturated heterocycles. The van der Waals surface area contributed by atoms with Gasteiger partial charge in [-0.05, 0) is 23.1 Å². The summed E-state index contributed by atoms with van der Waals surface area (Å²) in [6.45, 7) is 10.5. The molecule has 0 aliphatic heterocycles. The standard InChI is InChI=1S/C13H19NO.C2H6/c1-13(2,3)11-8-6-10(7-9-11)12(15)14(4)5;1-2/h6-9H,1-5H3;1-2H3. The minimum atomic E-state index is 0.0514. The smallest absolute Gasteiger partial charge is 0.253 e. The normalized spacial score (nSPS) is 10.3. The molecule has 0 aromatic heterocycles. The van der Waals surface area contributed by atoms with Crippen LogP contribution >= 0.6 is 0 Å². The molecule has 1 aromatic carbocycles. The van der Waals surface area contributed by atoms with Gasteiger partial charge in [0.15, 0.2) is 0 Å². The molecule has 1 amide bonds. The molecule has 17 heavy (non-hydrogen) atoms. The highest BCUT2D eigenvalue weighted by Crippen LogP contribution is 2.22. The minimum absolute atomic E-state index is 0.0514. The number of carbonyl (C=O) groups is 1. The van der Waals surface area contributed by atoms with Crippen LogP contribution in [0.4, 0.5) is 0 Å². The van der Waals surface area contributed by atoms with Gasteiger partial charge in [0.1, 0.15) is 0 Å². The van der Waals surface area contributed by atoms with Gasteiger partial charge in [-0.1, -0.05) is 46.8 Å². The van der Waals surface area contributed by atoms with E-state index in [1.54, 1.807) is 19.0 Å². The number of carbonyl (C=O) groups excluding carboxylic acids is 1. The largest absolute Gasteiger partial charge is 0.345 e. The third kappa shape index (κ3) is 4.59. The van der Waals surface area contributed by atoms with Crippen LogP contribution in [0.1, 0.15) is 50.5 Å². The molecule has 0 unspecified atom stereocenters. The highest BCUT2D eigenvalue weighted by atomic mass is 16.2. The van der Waals surface area contributed by atoms with E-state index in [-0.39, 0.29) is 11.3 Å². The van der Waals surface area contributed by atoms with E-state index in [9.17, 15) is 4.79 Å². The first-order valence-electron chi connectivity index (χ1n) is 6.14. The Hall–Kier alpha value is -1.31. The summed E-state index contributed by atoms with van der Waals surface area (Å²) in [4.78, 5) is 13.2. The zero-order chi connectivity index (χ0) is 13.6. The number of amides is 1. The molecule has 0 spiro atoms. The molecule has 0 aliphatic carbocycles. The average molecular weight is 235 g/mol. The van der Waals surface area contributed by atoms with Crippen LogP contribution in [0.3, 0.4) is 0 Å². The van der Waals surface area contributed by atoms with Gasteiger partial charge in [-0.3, -0.25) is 4.79 Å². The van der Waals surface area contributed by atoms with Gasteiger partial charge >= 0.3 is 0 Å². The van der Waals surface area contributed by atoms with Gasteiger partial charge in [-0.15, -0.1) is 0 Å². The quantitative estimate of drug-likeness (QED) is 0.726. The summed E-state index contributed by atoms with van der Waals surface area (Å²) in [6.07, 6.45) is 0. The highest BCUT2D eigenvalue weighted by molar-refractivity contribution is 5.93. The Balaban J connectivity index is 0.00000121. The summed E-state index contributed by atoms with van der Waals surface area (Å²) in [5.74, 6) is 0.0514. The maximum atomic E-state index is 11.6. The molecule has 1 rings (SSSR count). The number of hydrogen-bond donors (Lipinski definition) is 0. The monoisotopic (exact) mass is 235 g/mol. The van der Waals surface area contributed by atoms with E-state index < -0.39 is 0 Å². The van der Waals surface area contributed by atoms with Crippen molar-refractivity contribution in [3.63, 3.8) is 0 Å². The first kappa shape index (κ1) is 15.7. The fraction of sp³-hybridized carbons (Fsp3) is 0.533. The molecule has 0 atom stereocenters. The van der Waals surface area contributed by atoms with E-state index in [1.165, 1.54) is 5.56 Å². The molecule has 0 N–H and O–H groups in total. The Kier molecular flexibility index (Phi) is 5.94. The number of hydrogen-bond acceptors (Lipinski definition) is 1. The second-order valence-electron chi connectivity index (χ2n) is 5.03. The Morgan fingerprint density at radius 1 is 1.00 bits per heavy atom. The van der Waals surface area contributed by atoms with Crippen molar-refractivity contribution in [2.24, 2.45) is 0 Å². The van der Waals surface area contributed by atoms with Crippen LogP contribution in [0.15, 0.2) is 24.3 Å². The summed E-state index contributed by atoms with van der Waals surface area (Å²) < 4.78 is 0. The van der Waals surface area contributed by atoms with Gasteiger partial charge in [0.05, 0.1) is 0 Å². The predicted molar refractivity (Wildman–Crippen MR) is 74.5 cm³/mol. The lowest BCUT2D eigenvalue weighted by atomic mass is 9.86. The Bertz CT molecular complexity index is 344. The molecule has 2 heteroatoms. The maximum absolute atomic E-state index is 11.6. The zero-order valence-corrected chi connectivity index (χ0v) is 12.2. The van der Waals surface area contributed by atoms with Gasteiger partial charge in [0.2, 0.25) is 0 Å². The molecular formula is C15H25NO. The fourth-order valence-electron chi connectivity index (χ4n) is 1.37. The van der Waals surface area contributed by atoms with Crippen molar-refractivity contribution < 1.29 is 4.79 Å². The molecule has 96 valence electrons. The molecule has 0 fully saturated rings. The SMILES string of the molecule is CC.CN(C)C(=O)c1ccc(C(C)(C)C)cc1. The first-order valence-corrected chi connectivity index (χ1v) is 6.14. The lowest BCUT2D eigenvalue weighted by molar-refractivity contribution is 0.0827. The van der Waals surface area contributed by atoms with Crippen LogP contribution in [0.25, 0.3) is 0 Å². The van der Waals surface area contributed by atoms with Crippen LogP contribution in [-0.4, -0.2) is 24.9 Å². The van der Waals surface area contributed by atoms with Gasteiger partial charge < -0.3 is 4.90 Å². The summed E-state index contributed by atoms with van der Waals surface area (Å²) >= 11 is 0. The minimum Gasteiger partial charge on any atom is -0.345 e. The number of nitrogens with zero attached hydrogens (tertiary/aromatic N) is 1. The average Bonchev–Trinajstić information content (AvgIpc) is 2.29. The Labute approximate surface area is 106 Å². The zero-order valence-electron chi connectivity index (χ0n) is 12.2. The molecular weight excluding hydrogens is 210 g/mol. The second kappa shape index (κ2) is 6.43. The third-order valence-electron chi connectivity index (χ3n) is 2.40. The van der Waals surface area contributed by atoms with Crippen molar-refractivity contribution >= 4 is 5.91 Å². The maximum Gasteiger partial charge on any atom is 0.253 e. The highest BCUT2D eigenvalue weighted by Gasteiger charge is 2.14. The van der Waals surface area contributed by atoms with Crippen LogP contribution in [0, 0.1) is 0 Å². The van der Waals surface area contributed by atoms with Gasteiger partial charge in [0, 0.05) is 19.7 Å². The van der Waals surface area contributed by atoms with Crippen molar-refractivity contribution in [3.05, 3.63) is 35.4 Å². The Morgan fingerprint density at radius 2 is 1.41 bits per heavy atom. The molecule has 0 bridgehead atoms. The Morgan fingerprint density at radius 3 is 1.71 bits per heavy atom. The predicted octanol–water partition coefficient (Wildman–Crippen LogP) is 3.71. The van der Waals surface area contributed by atoms with Crippen LogP contribution < -0.4 is 0 Å². The number of benzene rings is 1. The van der Waals surface area contributed by atoms with Crippen LogP contribution in [0.5, 0.6) is 0 Å². The molecule has 0 radical (unpaired) electrons. The molecule has 0 heterocycles. The van der Waals surface area contributed by atoms with Gasteiger partial charge in [-0.2, -0.15) is 0 Å². The van der Waals surface area contributed by atoms with Crippen LogP contribution in [0.2, 0.25) is 0 Å². The van der Waals surface area contributed by atoms with E-state index in [0.717, 1.165) is 5.56 Å². The summed E-state index contributed by atoms with van der Waals surface area (Å²) in [5.41, 5.74) is 2.13. The van der Waals surface area contributed by atoms with Crippen molar-refractivity contribution in [1.29, 1.82) is 0 Å². The van der Waals surface area contributed by atoms with Gasteiger partial charge in [-0.25, -0.2) is 0 Å². The van der Waals surface area contributed by atoms with E-state index >= 15 is 0 Å². The lowest BCUT2D eigenvalue weighted by Crippen LogP contribution is -2.21. The van der Waals surface area contributed by atoms with Crippen molar-refractivity contribution in [1.82, 2.24) is 4.90 Å². The van der Waals surface area contributed by atoms with E-state index in [2.05, 4.69) is 20.8 Å². The fourth-order valence-corrected chi connectivity index (χ4v) is 1.37. The van der Waals surface area contributed by atoms with E-state index in [1.807, 2.05) is 38.1 Å². The topological polar surface area (TPSA) is 20.3 Å². The van der Waals surface area contributed by atoms with Crippen molar-refractivity contribution in [3.8, 4) is 0 Å². The van der Waals surface area contributed by atoms with Crippen LogP contribution in [-0.2, 0) is 5.41 Å². The summed E-state index contributed by atoms with van der Waals surface area (Å²) in [7, 11) is 3.53. The summed E-state index contributed by atoms with van der Waals surface area (Å²) in [5, 5.41) is 0. The summed E-state index contributed by atoms with van der Waals surface area (Å²) in [6, 6.07) is 7.83. The number of rotatable bonds is 1. The van der Waals surface area contributed by atoms with Crippen molar-refractivity contribution in [2.45, 2.75) is 40.0 Å². The second-order valence-corrected chi connectivity index (χ2v) is 5.03. The molecule has 2 nitrogen and oxygen atoms in total. The molecule has 0 saturated carbocycles. The molecule has 0 aliphatic rings. The van der Waals surface area contributed by atoms with E-state index in [4.69, 9.17) is 0 Å². The molecule has 1 aromatic rings.